The van der Waals surface area contributed by atoms with Crippen LogP contribution in [0.4, 0.5) is 5.69 Å². The Morgan fingerprint density at radius 1 is 0.789 bits per heavy atom. The predicted octanol–water partition coefficient (Wildman–Crippen LogP) is 4.12. The summed E-state index contributed by atoms with van der Waals surface area (Å²) < 4.78 is 0. The molecule has 0 atom stereocenters. The van der Waals surface area contributed by atoms with E-state index in [1.807, 2.05) is 61.5 Å². The molecule has 0 saturated heterocycles. The van der Waals surface area contributed by atoms with Gasteiger partial charge in [-0.15, -0.1) is 0 Å². The molecule has 0 bridgehead atoms. The van der Waals surface area contributed by atoms with Gasteiger partial charge in [0.1, 0.15) is 5.75 Å². The average molecular weight is 251 g/mol. The minimum Gasteiger partial charge on any atom is -0.508 e. The topological polar surface area (TPSA) is 46.2 Å². The Kier molecular flexibility index (Phi) is 4.04. The van der Waals surface area contributed by atoms with Crippen LogP contribution in [0.2, 0.25) is 0 Å². The standard InChI is InChI=1S/C10H8O.C7H9N/c11-10-6-5-8-3-1-2-4-9(8)7-10;1-6-3-2-4-7(8)5-6/h1-7,11H;2-5H,8H2,1H3. The second kappa shape index (κ2) is 5.91. The highest BCUT2D eigenvalue weighted by molar-refractivity contribution is 5.83. The van der Waals surface area contributed by atoms with Crippen LogP contribution < -0.4 is 5.73 Å². The lowest BCUT2D eigenvalue weighted by molar-refractivity contribution is 0.476. The predicted molar refractivity (Wildman–Crippen MR) is 81.2 cm³/mol. The third-order valence-electron chi connectivity index (χ3n) is 2.78. The van der Waals surface area contributed by atoms with Crippen LogP contribution in [0.1, 0.15) is 5.56 Å². The zero-order valence-electron chi connectivity index (χ0n) is 10.9. The zero-order chi connectivity index (χ0) is 13.7. The molecule has 0 saturated carbocycles. The molecule has 3 aromatic carbocycles. The van der Waals surface area contributed by atoms with Crippen LogP contribution in [0.3, 0.4) is 0 Å². The number of aryl methyl sites for hydroxylation is 1. The third kappa shape index (κ3) is 3.75. The monoisotopic (exact) mass is 251 g/mol. The van der Waals surface area contributed by atoms with Crippen molar-refractivity contribution in [3.63, 3.8) is 0 Å². The molecule has 0 aromatic heterocycles. The van der Waals surface area contributed by atoms with Gasteiger partial charge in [-0.25, -0.2) is 0 Å². The molecule has 0 amide bonds. The normalized spacial score (nSPS) is 9.74. The SMILES string of the molecule is Cc1cccc(N)c1.Oc1ccc2ccccc2c1. The van der Waals surface area contributed by atoms with Crippen molar-refractivity contribution in [3.05, 3.63) is 72.3 Å². The van der Waals surface area contributed by atoms with Gasteiger partial charge in [-0.1, -0.05) is 42.5 Å². The molecule has 2 nitrogen and oxygen atoms in total. The fourth-order valence-electron chi connectivity index (χ4n) is 1.85. The van der Waals surface area contributed by atoms with E-state index >= 15 is 0 Å². The molecule has 0 spiro atoms. The number of hydrogen-bond acceptors (Lipinski definition) is 2. The minimum atomic E-state index is 0.323. The number of fused-ring (bicyclic) bond motifs is 1. The third-order valence-corrected chi connectivity index (χ3v) is 2.78. The number of hydrogen-bond donors (Lipinski definition) is 2. The van der Waals surface area contributed by atoms with Crippen molar-refractivity contribution in [3.8, 4) is 5.75 Å². The van der Waals surface area contributed by atoms with Crippen LogP contribution in [0.15, 0.2) is 66.7 Å². The van der Waals surface area contributed by atoms with Crippen molar-refractivity contribution in [2.45, 2.75) is 6.92 Å². The van der Waals surface area contributed by atoms with E-state index in [2.05, 4.69) is 0 Å². The van der Waals surface area contributed by atoms with E-state index in [1.54, 1.807) is 12.1 Å². The number of anilines is 1. The van der Waals surface area contributed by atoms with Crippen molar-refractivity contribution >= 4 is 16.5 Å². The maximum Gasteiger partial charge on any atom is 0.116 e. The van der Waals surface area contributed by atoms with Crippen molar-refractivity contribution in [2.75, 3.05) is 5.73 Å². The van der Waals surface area contributed by atoms with Gasteiger partial charge in [-0.3, -0.25) is 0 Å². The highest BCUT2D eigenvalue weighted by atomic mass is 16.3. The van der Waals surface area contributed by atoms with Gasteiger partial charge in [0.25, 0.3) is 0 Å². The first kappa shape index (κ1) is 13.0. The fraction of sp³-hybridized carbons (Fsp3) is 0.0588. The Morgan fingerprint density at radius 3 is 2.16 bits per heavy atom. The number of rotatable bonds is 0. The van der Waals surface area contributed by atoms with Gasteiger partial charge >= 0.3 is 0 Å². The van der Waals surface area contributed by atoms with Crippen molar-refractivity contribution < 1.29 is 5.11 Å². The van der Waals surface area contributed by atoms with Crippen molar-refractivity contribution in [1.82, 2.24) is 0 Å². The maximum atomic E-state index is 9.13. The second-order valence-electron chi connectivity index (χ2n) is 4.45. The van der Waals surface area contributed by atoms with Crippen LogP contribution in [0.25, 0.3) is 10.8 Å². The number of nitrogens with two attached hydrogens (primary N) is 1. The highest BCUT2D eigenvalue weighted by Gasteiger charge is 1.91. The van der Waals surface area contributed by atoms with Gasteiger partial charge < -0.3 is 10.8 Å². The average Bonchev–Trinajstić information content (AvgIpc) is 2.39. The molecule has 3 rings (SSSR count). The van der Waals surface area contributed by atoms with Gasteiger partial charge in [0.2, 0.25) is 0 Å². The molecule has 3 N–H and O–H groups in total. The summed E-state index contributed by atoms with van der Waals surface area (Å²) in [5.41, 5.74) is 7.51. The molecule has 0 heterocycles. The quantitative estimate of drug-likeness (QED) is 0.590. The maximum absolute atomic E-state index is 9.13. The Bertz CT molecular complexity index is 659. The van der Waals surface area contributed by atoms with Crippen LogP contribution in [-0.2, 0) is 0 Å². The molecular weight excluding hydrogens is 234 g/mol. The lowest BCUT2D eigenvalue weighted by Gasteiger charge is -1.96. The van der Waals surface area contributed by atoms with Gasteiger partial charge in [-0.2, -0.15) is 0 Å². The van der Waals surface area contributed by atoms with E-state index in [-0.39, 0.29) is 0 Å². The smallest absolute Gasteiger partial charge is 0.116 e. The molecule has 2 heteroatoms. The number of benzene rings is 3. The highest BCUT2D eigenvalue weighted by Crippen LogP contribution is 2.18. The fourth-order valence-corrected chi connectivity index (χ4v) is 1.85. The van der Waals surface area contributed by atoms with E-state index in [1.165, 1.54) is 5.56 Å². The molecule has 19 heavy (non-hydrogen) atoms. The van der Waals surface area contributed by atoms with Crippen LogP contribution in [-0.4, -0.2) is 5.11 Å². The van der Waals surface area contributed by atoms with Gasteiger partial charge in [-0.05, 0) is 47.5 Å². The van der Waals surface area contributed by atoms with Crippen LogP contribution in [0.5, 0.6) is 5.75 Å². The summed E-state index contributed by atoms with van der Waals surface area (Å²) >= 11 is 0. The van der Waals surface area contributed by atoms with E-state index < -0.39 is 0 Å². The summed E-state index contributed by atoms with van der Waals surface area (Å²) in [7, 11) is 0. The Morgan fingerprint density at radius 2 is 1.53 bits per heavy atom. The van der Waals surface area contributed by atoms with E-state index in [0.717, 1.165) is 16.5 Å². The second-order valence-corrected chi connectivity index (χ2v) is 4.45. The van der Waals surface area contributed by atoms with E-state index in [0.29, 0.717) is 5.75 Å². The molecule has 0 aliphatic rings. The molecule has 0 radical (unpaired) electrons. The molecule has 0 aliphatic carbocycles. The first-order chi connectivity index (χ1) is 9.15. The van der Waals surface area contributed by atoms with E-state index in [4.69, 9.17) is 10.8 Å². The summed E-state index contributed by atoms with van der Waals surface area (Å²) in [4.78, 5) is 0. The first-order valence-corrected chi connectivity index (χ1v) is 6.15. The van der Waals surface area contributed by atoms with Crippen LogP contribution in [0, 0.1) is 6.92 Å². The summed E-state index contributed by atoms with van der Waals surface area (Å²) in [5, 5.41) is 11.4. The van der Waals surface area contributed by atoms with Gasteiger partial charge in [0.15, 0.2) is 0 Å². The lowest BCUT2D eigenvalue weighted by atomic mass is 10.1. The Labute approximate surface area is 113 Å². The molecule has 96 valence electrons. The molecule has 0 aliphatic heterocycles. The largest absolute Gasteiger partial charge is 0.508 e. The molecular formula is C17H17NO. The molecule has 0 unspecified atom stereocenters. The van der Waals surface area contributed by atoms with Crippen LogP contribution >= 0.6 is 0 Å². The van der Waals surface area contributed by atoms with Gasteiger partial charge in [0, 0.05) is 5.69 Å². The summed E-state index contributed by atoms with van der Waals surface area (Å²) in [6.45, 7) is 2.02. The number of nitrogen functional groups attached to an aromatic ring is 1. The summed E-state index contributed by atoms with van der Waals surface area (Å²) in [6.07, 6.45) is 0. The summed E-state index contributed by atoms with van der Waals surface area (Å²) in [5.74, 6) is 0.323. The Hall–Kier alpha value is -2.48. The number of phenolic OH excluding ortho intramolecular Hbond substituents is 1. The minimum absolute atomic E-state index is 0.323. The van der Waals surface area contributed by atoms with Crippen molar-refractivity contribution in [2.24, 2.45) is 0 Å². The van der Waals surface area contributed by atoms with Crippen molar-refractivity contribution in [1.29, 1.82) is 0 Å². The number of aromatic hydroxyl groups is 1. The molecule has 3 aromatic rings. The Balaban J connectivity index is 0.000000148. The summed E-state index contributed by atoms with van der Waals surface area (Å²) in [6, 6.07) is 21.1. The lowest BCUT2D eigenvalue weighted by Crippen LogP contribution is -1.82. The number of phenols is 1. The first-order valence-electron chi connectivity index (χ1n) is 6.15. The molecule has 0 fully saturated rings. The zero-order valence-corrected chi connectivity index (χ0v) is 10.9. The van der Waals surface area contributed by atoms with Gasteiger partial charge in [0.05, 0.1) is 0 Å². The van der Waals surface area contributed by atoms with E-state index in [9.17, 15) is 0 Å².